The predicted molar refractivity (Wildman–Crippen MR) is 135 cm³/mol. The average molecular weight is 499 g/mol. The quantitative estimate of drug-likeness (QED) is 0.193. The molecule has 0 heterocycles. The van der Waals surface area contributed by atoms with Crippen molar-refractivity contribution in [2.24, 2.45) is 0 Å². The maximum atomic E-state index is 14.3. The molecule has 2 aromatic carbocycles. The van der Waals surface area contributed by atoms with E-state index in [0.29, 0.717) is 22.3 Å². The molecular formula is C27H31O7P. The van der Waals surface area contributed by atoms with Gasteiger partial charge in [-0.3, -0.25) is 14.4 Å². The highest BCUT2D eigenvalue weighted by atomic mass is 31.2. The molecule has 7 nitrogen and oxygen atoms in total. The monoisotopic (exact) mass is 498 g/mol. The molecule has 0 aliphatic heterocycles. The first-order valence-corrected chi connectivity index (χ1v) is 13.0. The molecule has 0 aliphatic rings. The van der Waals surface area contributed by atoms with Crippen LogP contribution in [-0.4, -0.2) is 42.4 Å². The van der Waals surface area contributed by atoms with Gasteiger partial charge in [0.05, 0.1) is 0 Å². The lowest BCUT2D eigenvalue weighted by molar-refractivity contribution is -0.147. The fourth-order valence-corrected chi connectivity index (χ4v) is 6.57. The van der Waals surface area contributed by atoms with E-state index in [0.717, 1.165) is 17.2 Å². The van der Waals surface area contributed by atoms with Gasteiger partial charge in [-0.1, -0.05) is 42.0 Å². The van der Waals surface area contributed by atoms with Crippen LogP contribution in [0.4, 0.5) is 0 Å². The first-order chi connectivity index (χ1) is 16.3. The maximum absolute atomic E-state index is 14.3. The van der Waals surface area contributed by atoms with Crippen molar-refractivity contribution >= 4 is 30.1 Å². The second-order valence-corrected chi connectivity index (χ2v) is 11.3. The Balaban J connectivity index is 2.50. The van der Waals surface area contributed by atoms with Crippen LogP contribution in [0.5, 0.6) is 0 Å². The molecule has 0 unspecified atom stereocenters. The van der Waals surface area contributed by atoms with E-state index in [-0.39, 0.29) is 24.3 Å². The summed E-state index contributed by atoms with van der Waals surface area (Å²) in [4.78, 5) is 51.3. The number of carbonyl (C=O) groups excluding carboxylic acids is 4. The van der Waals surface area contributed by atoms with Gasteiger partial charge >= 0.3 is 11.9 Å². The number of hydrogen-bond acceptors (Lipinski definition) is 7. The van der Waals surface area contributed by atoms with Crippen LogP contribution in [0, 0.1) is 41.5 Å². The zero-order valence-electron chi connectivity index (χ0n) is 21.0. The normalized spacial score (nSPS) is 11.0. The lowest BCUT2D eigenvalue weighted by atomic mass is 10.0. The Morgan fingerprint density at radius 1 is 0.743 bits per heavy atom. The second-order valence-electron chi connectivity index (χ2n) is 8.65. The van der Waals surface area contributed by atoms with E-state index in [1.54, 1.807) is 52.0 Å². The summed E-state index contributed by atoms with van der Waals surface area (Å²) in [6, 6.07) is 7.07. The molecule has 0 bridgehead atoms. The molecule has 0 aromatic heterocycles. The third kappa shape index (κ3) is 6.43. The van der Waals surface area contributed by atoms with Gasteiger partial charge < -0.3 is 14.0 Å². The fraction of sp³-hybridized carbons (Fsp3) is 0.333. The molecule has 0 amide bonds. The summed E-state index contributed by atoms with van der Waals surface area (Å²) < 4.78 is 24.1. The second kappa shape index (κ2) is 11.4. The van der Waals surface area contributed by atoms with Crippen LogP contribution in [0.1, 0.15) is 54.1 Å². The minimum Gasteiger partial charge on any atom is -0.462 e. The SMILES string of the molecule is C=CC(=O)OCCOC(=O)CP(=O)(C(=O)c1c(C)cc(C)cc1C)C(=O)c1c(C)cc(C)cc1C. The molecule has 0 fully saturated rings. The molecule has 0 saturated heterocycles. The topological polar surface area (TPSA) is 104 Å². The van der Waals surface area contributed by atoms with Crippen molar-refractivity contribution in [1.82, 2.24) is 0 Å². The van der Waals surface area contributed by atoms with Crippen LogP contribution in [-0.2, 0) is 23.6 Å². The molecular weight excluding hydrogens is 467 g/mol. The van der Waals surface area contributed by atoms with Gasteiger partial charge in [0.2, 0.25) is 18.2 Å². The summed E-state index contributed by atoms with van der Waals surface area (Å²) in [5, 5.41) is 0. The standard InChI is InChI=1S/C27H31O7P/c1-8-22(28)33-9-10-34-23(29)15-35(32,26(30)24-18(4)11-16(2)12-19(24)5)27(31)25-20(6)13-17(3)14-21(25)7/h8,11-14H,1,9-10,15H2,2-7H3. The van der Waals surface area contributed by atoms with Crippen LogP contribution in [0.25, 0.3) is 0 Å². The summed E-state index contributed by atoms with van der Waals surface area (Å²) >= 11 is 0. The summed E-state index contributed by atoms with van der Waals surface area (Å²) in [5.74, 6) is -1.68. The molecule has 0 aliphatic carbocycles. The van der Waals surface area contributed by atoms with E-state index in [2.05, 4.69) is 6.58 Å². The van der Waals surface area contributed by atoms with Crippen LogP contribution in [0.2, 0.25) is 0 Å². The Labute approximate surface area is 205 Å². The average Bonchev–Trinajstić information content (AvgIpc) is 2.74. The van der Waals surface area contributed by atoms with E-state index in [1.165, 1.54) is 0 Å². The number of rotatable bonds is 10. The smallest absolute Gasteiger partial charge is 0.330 e. The highest BCUT2D eigenvalue weighted by molar-refractivity contribution is 7.96. The third-order valence-electron chi connectivity index (χ3n) is 5.55. The summed E-state index contributed by atoms with van der Waals surface area (Å²) in [6.07, 6.45) is 0.0748. The van der Waals surface area contributed by atoms with E-state index in [9.17, 15) is 23.7 Å². The summed E-state index contributed by atoms with van der Waals surface area (Å²) in [7, 11) is -4.49. The van der Waals surface area contributed by atoms with Crippen LogP contribution >= 0.6 is 7.14 Å². The molecule has 8 heteroatoms. The Hall–Kier alpha value is -3.31. The molecule has 35 heavy (non-hydrogen) atoms. The highest BCUT2D eigenvalue weighted by Gasteiger charge is 2.45. The van der Waals surface area contributed by atoms with Gasteiger partial charge in [0.25, 0.3) is 0 Å². The van der Waals surface area contributed by atoms with Crippen molar-refractivity contribution in [2.45, 2.75) is 41.5 Å². The number of esters is 2. The molecule has 0 saturated carbocycles. The Morgan fingerprint density at radius 2 is 1.11 bits per heavy atom. The zero-order valence-corrected chi connectivity index (χ0v) is 21.9. The number of ether oxygens (including phenoxy) is 2. The van der Waals surface area contributed by atoms with Gasteiger partial charge in [-0.05, 0) is 63.8 Å². The van der Waals surface area contributed by atoms with E-state index in [4.69, 9.17) is 9.47 Å². The van der Waals surface area contributed by atoms with Gasteiger partial charge in [0.15, 0.2) is 0 Å². The fourth-order valence-electron chi connectivity index (χ4n) is 4.22. The summed E-state index contributed by atoms with van der Waals surface area (Å²) in [5.41, 5.74) is 2.71. The lowest BCUT2D eigenvalue weighted by Crippen LogP contribution is -2.23. The molecule has 186 valence electrons. The van der Waals surface area contributed by atoms with E-state index >= 15 is 0 Å². The molecule has 0 spiro atoms. The van der Waals surface area contributed by atoms with Crippen LogP contribution < -0.4 is 0 Å². The Morgan fingerprint density at radius 3 is 1.49 bits per heavy atom. The van der Waals surface area contributed by atoms with Crippen molar-refractivity contribution in [3.05, 3.63) is 81.4 Å². The molecule has 0 N–H and O–H groups in total. The highest BCUT2D eigenvalue weighted by Crippen LogP contribution is 2.53. The molecule has 2 rings (SSSR count). The van der Waals surface area contributed by atoms with Crippen molar-refractivity contribution in [3.63, 3.8) is 0 Å². The van der Waals surface area contributed by atoms with E-state index < -0.39 is 36.3 Å². The van der Waals surface area contributed by atoms with Crippen molar-refractivity contribution in [1.29, 1.82) is 0 Å². The minimum atomic E-state index is -4.49. The van der Waals surface area contributed by atoms with Gasteiger partial charge in [0.1, 0.15) is 19.4 Å². The molecule has 0 atom stereocenters. The Bertz CT molecular complexity index is 1140. The Kier molecular flexibility index (Phi) is 9.11. The van der Waals surface area contributed by atoms with Crippen molar-refractivity contribution < 1.29 is 33.2 Å². The number of carbonyl (C=O) groups is 4. The van der Waals surface area contributed by atoms with Gasteiger partial charge in [-0.15, -0.1) is 0 Å². The number of aryl methyl sites for hydroxylation is 6. The number of hydrogen-bond donors (Lipinski definition) is 0. The van der Waals surface area contributed by atoms with Crippen molar-refractivity contribution in [2.75, 3.05) is 19.4 Å². The predicted octanol–water partition coefficient (Wildman–Crippen LogP) is 5.15. The first kappa shape index (κ1) is 27.9. The summed E-state index contributed by atoms with van der Waals surface area (Å²) in [6.45, 7) is 13.3. The van der Waals surface area contributed by atoms with Crippen LogP contribution in [0.3, 0.4) is 0 Å². The van der Waals surface area contributed by atoms with Gasteiger partial charge in [-0.25, -0.2) is 4.79 Å². The zero-order chi connectivity index (χ0) is 26.5. The third-order valence-corrected chi connectivity index (χ3v) is 8.01. The largest absolute Gasteiger partial charge is 0.462 e. The van der Waals surface area contributed by atoms with Gasteiger partial charge in [0, 0.05) is 17.2 Å². The van der Waals surface area contributed by atoms with Crippen LogP contribution in [0.15, 0.2) is 36.9 Å². The lowest BCUT2D eigenvalue weighted by Gasteiger charge is -2.20. The molecule has 0 radical (unpaired) electrons. The molecule has 2 aromatic rings. The first-order valence-electron chi connectivity index (χ1n) is 11.1. The minimum absolute atomic E-state index is 0.169. The van der Waals surface area contributed by atoms with E-state index in [1.807, 2.05) is 13.8 Å². The van der Waals surface area contributed by atoms with Gasteiger partial charge in [-0.2, -0.15) is 0 Å². The van der Waals surface area contributed by atoms with Crippen molar-refractivity contribution in [3.8, 4) is 0 Å². The number of benzene rings is 2. The maximum Gasteiger partial charge on any atom is 0.330 e.